The van der Waals surface area contributed by atoms with Crippen molar-refractivity contribution < 1.29 is 9.53 Å². The van der Waals surface area contributed by atoms with Crippen molar-refractivity contribution in [2.75, 3.05) is 0 Å². The van der Waals surface area contributed by atoms with Gasteiger partial charge in [0.1, 0.15) is 5.60 Å². The van der Waals surface area contributed by atoms with E-state index in [1.54, 1.807) is 0 Å². The Labute approximate surface area is 94.9 Å². The summed E-state index contributed by atoms with van der Waals surface area (Å²) in [5, 5.41) is 0. The molecule has 0 saturated carbocycles. The van der Waals surface area contributed by atoms with Crippen LogP contribution in [0.2, 0.25) is 0 Å². The first-order valence-electron chi connectivity index (χ1n) is 5.71. The molecule has 1 aromatic carbocycles. The third kappa shape index (κ3) is 1.22. The van der Waals surface area contributed by atoms with Crippen molar-refractivity contribution in [3.63, 3.8) is 0 Å². The molecule has 2 heteroatoms. The van der Waals surface area contributed by atoms with E-state index in [1.807, 2.05) is 12.1 Å². The first kappa shape index (κ1) is 9.64. The van der Waals surface area contributed by atoms with Crippen LogP contribution in [0.4, 0.5) is 0 Å². The van der Waals surface area contributed by atoms with Gasteiger partial charge in [-0.05, 0) is 30.4 Å². The topological polar surface area (TPSA) is 26.3 Å². The molecule has 0 unspecified atom stereocenters. The van der Waals surface area contributed by atoms with Gasteiger partial charge in [0.05, 0.1) is 0 Å². The van der Waals surface area contributed by atoms with Crippen molar-refractivity contribution in [1.29, 1.82) is 0 Å². The summed E-state index contributed by atoms with van der Waals surface area (Å²) in [5.74, 6) is -0.225. The zero-order chi connectivity index (χ0) is 11.2. The van der Waals surface area contributed by atoms with Gasteiger partial charge in [-0.1, -0.05) is 30.8 Å². The number of benzene rings is 1. The maximum Gasteiger partial charge on any atom is 0.334 e. The Morgan fingerprint density at radius 1 is 1.31 bits per heavy atom. The lowest BCUT2D eigenvalue weighted by Gasteiger charge is -2.33. The fourth-order valence-corrected chi connectivity index (χ4v) is 2.87. The van der Waals surface area contributed by atoms with E-state index in [-0.39, 0.29) is 5.97 Å². The molecule has 1 heterocycles. The number of rotatable bonds is 0. The lowest BCUT2D eigenvalue weighted by molar-refractivity contribution is -0.148. The van der Waals surface area contributed by atoms with E-state index in [0.717, 1.165) is 19.3 Å². The molecule has 0 bridgehead atoms. The third-order valence-corrected chi connectivity index (χ3v) is 3.61. The van der Waals surface area contributed by atoms with Crippen LogP contribution in [0, 0.1) is 0 Å². The van der Waals surface area contributed by atoms with Crippen molar-refractivity contribution in [2.45, 2.75) is 31.3 Å². The summed E-state index contributed by atoms with van der Waals surface area (Å²) in [6, 6.07) is 8.27. The quantitative estimate of drug-likeness (QED) is 0.490. The second-order valence-electron chi connectivity index (χ2n) is 4.67. The van der Waals surface area contributed by atoms with Crippen LogP contribution in [0.5, 0.6) is 0 Å². The summed E-state index contributed by atoms with van der Waals surface area (Å²) in [7, 11) is 0. The van der Waals surface area contributed by atoms with E-state index in [2.05, 4.69) is 18.7 Å². The molecule has 1 aliphatic carbocycles. The minimum atomic E-state index is -0.400. The van der Waals surface area contributed by atoms with E-state index < -0.39 is 5.60 Å². The molecular formula is C14H14O2. The number of aryl methyl sites for hydroxylation is 1. The van der Waals surface area contributed by atoms with Gasteiger partial charge >= 0.3 is 5.97 Å². The highest BCUT2D eigenvalue weighted by Crippen LogP contribution is 2.46. The molecule has 1 atom stereocenters. The van der Waals surface area contributed by atoms with Crippen molar-refractivity contribution >= 4 is 5.97 Å². The van der Waals surface area contributed by atoms with Gasteiger partial charge < -0.3 is 4.74 Å². The fourth-order valence-electron chi connectivity index (χ4n) is 2.87. The third-order valence-electron chi connectivity index (χ3n) is 3.61. The van der Waals surface area contributed by atoms with E-state index in [9.17, 15) is 4.79 Å². The lowest BCUT2D eigenvalue weighted by Crippen LogP contribution is -2.30. The summed E-state index contributed by atoms with van der Waals surface area (Å²) in [6.45, 7) is 3.78. The molecule has 2 nitrogen and oxygen atoms in total. The Morgan fingerprint density at radius 2 is 2.12 bits per heavy atom. The minimum Gasteiger partial charge on any atom is -0.450 e. The van der Waals surface area contributed by atoms with E-state index in [1.165, 1.54) is 11.1 Å². The maximum absolute atomic E-state index is 11.5. The van der Waals surface area contributed by atoms with Gasteiger partial charge in [0.2, 0.25) is 0 Å². The van der Waals surface area contributed by atoms with Crippen LogP contribution in [0.25, 0.3) is 0 Å². The molecule has 1 aromatic rings. The highest BCUT2D eigenvalue weighted by atomic mass is 16.6. The molecule has 1 aliphatic heterocycles. The number of hydrogen-bond donors (Lipinski definition) is 0. The average molecular weight is 214 g/mol. The SMILES string of the molecule is C=C1C[C@@]2(CCCc3ccccc32)OC1=O. The molecule has 2 aliphatic rings. The van der Waals surface area contributed by atoms with Crippen LogP contribution < -0.4 is 0 Å². The molecule has 1 spiro atoms. The van der Waals surface area contributed by atoms with Gasteiger partial charge in [0, 0.05) is 12.0 Å². The molecule has 0 N–H and O–H groups in total. The Kier molecular flexibility index (Phi) is 1.93. The Balaban J connectivity index is 2.11. The largest absolute Gasteiger partial charge is 0.450 e. The standard InChI is InChI=1S/C14H14O2/c1-10-9-14(16-13(10)15)8-4-6-11-5-2-3-7-12(11)14/h2-3,5,7H,1,4,6,8-9H2/t14-/m1/s1. The molecule has 1 saturated heterocycles. The molecule has 16 heavy (non-hydrogen) atoms. The van der Waals surface area contributed by atoms with Gasteiger partial charge in [-0.15, -0.1) is 0 Å². The smallest absolute Gasteiger partial charge is 0.334 e. The van der Waals surface area contributed by atoms with Crippen LogP contribution >= 0.6 is 0 Å². The zero-order valence-electron chi connectivity index (χ0n) is 9.16. The van der Waals surface area contributed by atoms with Gasteiger partial charge in [-0.2, -0.15) is 0 Å². The maximum atomic E-state index is 11.5. The number of hydrogen-bond acceptors (Lipinski definition) is 2. The van der Waals surface area contributed by atoms with E-state index in [0.29, 0.717) is 12.0 Å². The van der Waals surface area contributed by atoms with E-state index in [4.69, 9.17) is 4.74 Å². The molecule has 1 fully saturated rings. The monoisotopic (exact) mass is 214 g/mol. The summed E-state index contributed by atoms with van der Waals surface area (Å²) in [6.07, 6.45) is 3.75. The van der Waals surface area contributed by atoms with Gasteiger partial charge in [-0.25, -0.2) is 4.79 Å². The molecule has 82 valence electrons. The summed E-state index contributed by atoms with van der Waals surface area (Å²) in [5.41, 5.74) is 2.71. The summed E-state index contributed by atoms with van der Waals surface area (Å²) >= 11 is 0. The van der Waals surface area contributed by atoms with E-state index >= 15 is 0 Å². The predicted molar refractivity (Wildman–Crippen MR) is 60.9 cm³/mol. The van der Waals surface area contributed by atoms with Crippen LogP contribution in [0.1, 0.15) is 30.4 Å². The zero-order valence-corrected chi connectivity index (χ0v) is 9.16. The second-order valence-corrected chi connectivity index (χ2v) is 4.67. The fraction of sp³-hybridized carbons (Fsp3) is 0.357. The Hall–Kier alpha value is -1.57. The lowest BCUT2D eigenvalue weighted by atomic mass is 9.77. The first-order chi connectivity index (χ1) is 7.71. The number of ether oxygens (including phenoxy) is 1. The molecule has 0 radical (unpaired) electrons. The number of esters is 1. The molecule has 3 rings (SSSR count). The Morgan fingerprint density at radius 3 is 2.88 bits per heavy atom. The van der Waals surface area contributed by atoms with Crippen LogP contribution in [0.3, 0.4) is 0 Å². The van der Waals surface area contributed by atoms with Gasteiger partial charge in [0.25, 0.3) is 0 Å². The minimum absolute atomic E-state index is 0.225. The summed E-state index contributed by atoms with van der Waals surface area (Å²) in [4.78, 5) is 11.5. The van der Waals surface area contributed by atoms with Gasteiger partial charge in [-0.3, -0.25) is 0 Å². The number of carbonyl (C=O) groups excluding carboxylic acids is 1. The average Bonchev–Trinajstić information content (AvgIpc) is 2.56. The van der Waals surface area contributed by atoms with Crippen molar-refractivity contribution in [2.24, 2.45) is 0 Å². The molecule has 0 aromatic heterocycles. The number of fused-ring (bicyclic) bond motifs is 2. The van der Waals surface area contributed by atoms with Crippen molar-refractivity contribution in [3.05, 3.63) is 47.5 Å². The summed E-state index contributed by atoms with van der Waals surface area (Å²) < 4.78 is 5.59. The number of carbonyl (C=O) groups is 1. The van der Waals surface area contributed by atoms with Gasteiger partial charge in [0.15, 0.2) is 0 Å². The first-order valence-corrected chi connectivity index (χ1v) is 5.71. The molecular weight excluding hydrogens is 200 g/mol. The second kappa shape index (κ2) is 3.21. The van der Waals surface area contributed by atoms with Crippen molar-refractivity contribution in [1.82, 2.24) is 0 Å². The normalized spacial score (nSPS) is 28.0. The molecule has 0 amide bonds. The van der Waals surface area contributed by atoms with Crippen LogP contribution in [0.15, 0.2) is 36.4 Å². The highest BCUT2D eigenvalue weighted by molar-refractivity contribution is 5.90. The Bertz CT molecular complexity index is 457. The highest BCUT2D eigenvalue weighted by Gasteiger charge is 2.46. The van der Waals surface area contributed by atoms with Crippen LogP contribution in [-0.4, -0.2) is 5.97 Å². The predicted octanol–water partition coefficient (Wildman–Crippen LogP) is 2.72. The van der Waals surface area contributed by atoms with Crippen LogP contribution in [-0.2, 0) is 21.6 Å². The van der Waals surface area contributed by atoms with Crippen molar-refractivity contribution in [3.8, 4) is 0 Å².